The molecule has 6 heteroatoms. The normalized spacial score (nSPS) is 11.9. The number of esters is 3. The molecule has 0 unspecified atom stereocenters. The van der Waals surface area contributed by atoms with E-state index in [1.165, 1.54) is 141 Å². The Hall–Kier alpha value is -2.63. The van der Waals surface area contributed by atoms with E-state index >= 15 is 0 Å². The predicted molar refractivity (Wildman–Crippen MR) is 270 cm³/mol. The molecule has 0 aromatic heterocycles. The van der Waals surface area contributed by atoms with Crippen LogP contribution >= 0.6 is 0 Å². The summed E-state index contributed by atoms with van der Waals surface area (Å²) >= 11 is 0. The van der Waals surface area contributed by atoms with Crippen molar-refractivity contribution in [2.75, 3.05) is 13.2 Å². The van der Waals surface area contributed by atoms with Gasteiger partial charge in [0.1, 0.15) is 13.2 Å². The van der Waals surface area contributed by atoms with Crippen LogP contribution < -0.4 is 0 Å². The SMILES string of the molecule is CCCCC/C=C\C/C=C\CCCCCCCC(=O)OC(COC(=O)CCCCCCC/C=C\CCCCCCCC)COC(=O)CCCCCCC/C=C\CCCCCCCC. The Balaban J connectivity index is 4.41. The minimum absolute atomic E-state index is 0.0848. The Morgan fingerprint density at radius 1 is 0.317 bits per heavy atom. The van der Waals surface area contributed by atoms with E-state index in [-0.39, 0.29) is 31.1 Å². The fourth-order valence-electron chi connectivity index (χ4n) is 7.64. The number of unbranched alkanes of at least 4 members (excludes halogenated alkanes) is 30. The lowest BCUT2D eigenvalue weighted by atomic mass is 10.1. The quantitative estimate of drug-likeness (QED) is 0.0262. The maximum atomic E-state index is 12.8. The van der Waals surface area contributed by atoms with Gasteiger partial charge < -0.3 is 14.2 Å². The molecule has 0 rings (SSSR count). The number of allylic oxidation sites excluding steroid dienone is 8. The monoisotopic (exact) mass is 883 g/mol. The first-order valence-corrected chi connectivity index (χ1v) is 27.1. The number of carbonyl (C=O) groups excluding carboxylic acids is 3. The Morgan fingerprint density at radius 2 is 0.571 bits per heavy atom. The fourth-order valence-corrected chi connectivity index (χ4v) is 7.64. The lowest BCUT2D eigenvalue weighted by Crippen LogP contribution is -2.30. The maximum Gasteiger partial charge on any atom is 0.306 e. The molecule has 63 heavy (non-hydrogen) atoms. The molecule has 0 radical (unpaired) electrons. The second kappa shape index (κ2) is 52.0. The van der Waals surface area contributed by atoms with Gasteiger partial charge in [-0.25, -0.2) is 0 Å². The van der Waals surface area contributed by atoms with Crippen LogP contribution in [-0.4, -0.2) is 37.2 Å². The van der Waals surface area contributed by atoms with Gasteiger partial charge in [-0.15, -0.1) is 0 Å². The van der Waals surface area contributed by atoms with Crippen LogP contribution in [-0.2, 0) is 28.6 Å². The Kier molecular flexibility index (Phi) is 49.8. The molecule has 0 aliphatic rings. The van der Waals surface area contributed by atoms with Crippen LogP contribution in [0.25, 0.3) is 0 Å². The molecule has 0 amide bonds. The molecule has 0 heterocycles. The van der Waals surface area contributed by atoms with Crippen LogP contribution in [0.5, 0.6) is 0 Å². The molecule has 0 aliphatic heterocycles. The number of hydrogen-bond donors (Lipinski definition) is 0. The number of carbonyl (C=O) groups is 3. The van der Waals surface area contributed by atoms with Gasteiger partial charge in [-0.2, -0.15) is 0 Å². The summed E-state index contributed by atoms with van der Waals surface area (Å²) in [5, 5.41) is 0. The summed E-state index contributed by atoms with van der Waals surface area (Å²) in [5.74, 6) is -0.906. The van der Waals surface area contributed by atoms with Crippen molar-refractivity contribution in [2.45, 2.75) is 284 Å². The van der Waals surface area contributed by atoms with Crippen molar-refractivity contribution in [3.05, 3.63) is 48.6 Å². The van der Waals surface area contributed by atoms with E-state index in [4.69, 9.17) is 14.2 Å². The van der Waals surface area contributed by atoms with Crippen LogP contribution in [0.2, 0.25) is 0 Å². The zero-order chi connectivity index (χ0) is 45.8. The molecular weight excluding hydrogens is 781 g/mol. The second-order valence-corrected chi connectivity index (χ2v) is 18.1. The lowest BCUT2D eigenvalue weighted by molar-refractivity contribution is -0.167. The number of hydrogen-bond acceptors (Lipinski definition) is 6. The summed E-state index contributed by atoms with van der Waals surface area (Å²) in [6.45, 7) is 6.59. The van der Waals surface area contributed by atoms with E-state index < -0.39 is 6.10 Å². The fraction of sp³-hybridized carbons (Fsp3) is 0.807. The number of ether oxygens (including phenoxy) is 3. The van der Waals surface area contributed by atoms with Gasteiger partial charge in [-0.3, -0.25) is 14.4 Å². The van der Waals surface area contributed by atoms with Gasteiger partial charge in [0.2, 0.25) is 0 Å². The summed E-state index contributed by atoms with van der Waals surface area (Å²) in [7, 11) is 0. The minimum Gasteiger partial charge on any atom is -0.462 e. The molecule has 0 spiro atoms. The smallest absolute Gasteiger partial charge is 0.306 e. The highest BCUT2D eigenvalue weighted by atomic mass is 16.6. The third-order valence-corrected chi connectivity index (χ3v) is 11.8. The summed E-state index contributed by atoms with van der Waals surface area (Å²) in [6.07, 6.45) is 62.3. The first-order chi connectivity index (χ1) is 31.0. The van der Waals surface area contributed by atoms with Crippen LogP contribution in [0.1, 0.15) is 278 Å². The molecule has 0 aromatic rings. The van der Waals surface area contributed by atoms with E-state index in [0.29, 0.717) is 19.3 Å². The lowest BCUT2D eigenvalue weighted by Gasteiger charge is -2.18. The molecule has 0 aliphatic carbocycles. The molecule has 0 aromatic carbocycles. The standard InChI is InChI=1S/C57H102O6/c1-4-7-10-13-16-19-22-25-28-31-34-37-40-43-46-49-55(58)61-52-54(63-57(60)51-48-45-42-39-36-33-30-27-24-21-18-15-12-9-6-3)53-62-56(59)50-47-44-41-38-35-32-29-26-23-20-17-14-11-8-5-2/h18,21,25-30,54H,4-17,19-20,22-24,31-53H2,1-3H3/b21-18-,28-25-,29-26-,30-27-. The Bertz CT molecular complexity index is 1050. The Labute approximate surface area is 390 Å². The summed E-state index contributed by atoms with van der Waals surface area (Å²) in [5.41, 5.74) is 0. The van der Waals surface area contributed by atoms with E-state index in [0.717, 1.165) is 96.3 Å². The largest absolute Gasteiger partial charge is 0.462 e. The first-order valence-electron chi connectivity index (χ1n) is 27.1. The van der Waals surface area contributed by atoms with Crippen molar-refractivity contribution in [3.63, 3.8) is 0 Å². The van der Waals surface area contributed by atoms with Crippen LogP contribution in [0.3, 0.4) is 0 Å². The molecule has 366 valence electrons. The topological polar surface area (TPSA) is 78.9 Å². The van der Waals surface area contributed by atoms with E-state index in [9.17, 15) is 14.4 Å². The molecule has 0 atom stereocenters. The summed E-state index contributed by atoms with van der Waals surface area (Å²) in [4.78, 5) is 38.0. The third kappa shape index (κ3) is 50.2. The van der Waals surface area contributed by atoms with Gasteiger partial charge in [0, 0.05) is 19.3 Å². The number of rotatable bonds is 49. The van der Waals surface area contributed by atoms with Gasteiger partial charge >= 0.3 is 17.9 Å². The van der Waals surface area contributed by atoms with Crippen molar-refractivity contribution in [2.24, 2.45) is 0 Å². The van der Waals surface area contributed by atoms with Gasteiger partial charge in [0.25, 0.3) is 0 Å². The van der Waals surface area contributed by atoms with Gasteiger partial charge in [0.05, 0.1) is 0 Å². The molecule has 0 saturated carbocycles. The van der Waals surface area contributed by atoms with E-state index in [2.05, 4.69) is 69.4 Å². The van der Waals surface area contributed by atoms with Crippen molar-refractivity contribution < 1.29 is 28.6 Å². The third-order valence-electron chi connectivity index (χ3n) is 11.8. The average Bonchev–Trinajstić information content (AvgIpc) is 3.28. The van der Waals surface area contributed by atoms with Crippen molar-refractivity contribution in [1.29, 1.82) is 0 Å². The van der Waals surface area contributed by atoms with E-state index in [1.807, 2.05) is 0 Å². The van der Waals surface area contributed by atoms with Crippen LogP contribution in [0.15, 0.2) is 48.6 Å². The second-order valence-electron chi connectivity index (χ2n) is 18.1. The van der Waals surface area contributed by atoms with Crippen LogP contribution in [0.4, 0.5) is 0 Å². The predicted octanol–water partition coefficient (Wildman–Crippen LogP) is 17.9. The van der Waals surface area contributed by atoms with Crippen molar-refractivity contribution in [3.8, 4) is 0 Å². The van der Waals surface area contributed by atoms with Crippen molar-refractivity contribution in [1.82, 2.24) is 0 Å². The highest BCUT2D eigenvalue weighted by Crippen LogP contribution is 2.14. The summed E-state index contributed by atoms with van der Waals surface area (Å²) in [6, 6.07) is 0. The molecular formula is C57H102O6. The molecule has 0 N–H and O–H groups in total. The highest BCUT2D eigenvalue weighted by molar-refractivity contribution is 5.71. The highest BCUT2D eigenvalue weighted by Gasteiger charge is 2.19. The molecule has 0 fully saturated rings. The van der Waals surface area contributed by atoms with Crippen LogP contribution in [0, 0.1) is 0 Å². The Morgan fingerprint density at radius 3 is 0.921 bits per heavy atom. The molecule has 6 nitrogen and oxygen atoms in total. The molecule has 0 saturated heterocycles. The zero-order valence-corrected chi connectivity index (χ0v) is 41.8. The van der Waals surface area contributed by atoms with Crippen molar-refractivity contribution >= 4 is 17.9 Å². The van der Waals surface area contributed by atoms with Gasteiger partial charge in [-0.1, -0.05) is 204 Å². The average molecular weight is 883 g/mol. The summed E-state index contributed by atoms with van der Waals surface area (Å²) < 4.78 is 16.8. The zero-order valence-electron chi connectivity index (χ0n) is 41.8. The first kappa shape index (κ1) is 60.4. The maximum absolute atomic E-state index is 12.8. The molecule has 0 bridgehead atoms. The van der Waals surface area contributed by atoms with Gasteiger partial charge in [0.15, 0.2) is 6.10 Å². The van der Waals surface area contributed by atoms with E-state index in [1.54, 1.807) is 0 Å². The minimum atomic E-state index is -0.786. The van der Waals surface area contributed by atoms with Gasteiger partial charge in [-0.05, 0) is 103 Å².